The van der Waals surface area contributed by atoms with Crippen LogP contribution in [0.1, 0.15) is 19.3 Å². The number of alkyl halides is 1. The number of carbonyl (C=O) groups excluding carboxylic acids is 2. The van der Waals surface area contributed by atoms with E-state index in [1.807, 2.05) is 0 Å². The average molecular weight is 217 g/mol. The summed E-state index contributed by atoms with van der Waals surface area (Å²) in [5, 5.41) is 2.78. The number of rotatable bonds is 2. The van der Waals surface area contributed by atoms with E-state index in [2.05, 4.69) is 5.32 Å². The molecule has 0 aromatic carbocycles. The molecule has 4 nitrogen and oxygen atoms in total. The van der Waals surface area contributed by atoms with E-state index in [1.165, 1.54) is 0 Å². The summed E-state index contributed by atoms with van der Waals surface area (Å²) in [4.78, 5) is 24.1. The summed E-state index contributed by atoms with van der Waals surface area (Å²) >= 11 is 5.87. The molecule has 2 rings (SSSR count). The van der Waals surface area contributed by atoms with E-state index in [4.69, 9.17) is 11.6 Å². The molecule has 0 saturated carbocycles. The lowest BCUT2D eigenvalue weighted by molar-refractivity contribution is -0.128. The molecule has 0 radical (unpaired) electrons. The van der Waals surface area contributed by atoms with E-state index < -0.39 is 0 Å². The average Bonchev–Trinajstić information content (AvgIpc) is 2.61. The fourth-order valence-corrected chi connectivity index (χ4v) is 2.28. The van der Waals surface area contributed by atoms with Crippen LogP contribution >= 0.6 is 11.6 Å². The highest BCUT2D eigenvalue weighted by Crippen LogP contribution is 2.18. The topological polar surface area (TPSA) is 49.4 Å². The minimum atomic E-state index is -0.0559. The van der Waals surface area contributed by atoms with Crippen molar-refractivity contribution >= 4 is 23.4 Å². The van der Waals surface area contributed by atoms with Crippen molar-refractivity contribution in [2.24, 2.45) is 0 Å². The number of halogens is 1. The molecular formula is C9H13ClN2O2. The smallest absolute Gasteiger partial charge is 0.224 e. The second-order valence-electron chi connectivity index (χ2n) is 3.90. The van der Waals surface area contributed by atoms with E-state index in [1.54, 1.807) is 4.90 Å². The molecule has 0 aromatic rings. The zero-order valence-electron chi connectivity index (χ0n) is 7.83. The lowest BCUT2D eigenvalue weighted by Crippen LogP contribution is -2.39. The van der Waals surface area contributed by atoms with Crippen LogP contribution in [0.15, 0.2) is 0 Å². The fourth-order valence-electron chi connectivity index (χ4n) is 1.98. The molecule has 1 unspecified atom stereocenters. The van der Waals surface area contributed by atoms with Crippen LogP contribution in [0.25, 0.3) is 0 Å². The van der Waals surface area contributed by atoms with Crippen LogP contribution in [-0.2, 0) is 9.59 Å². The maximum absolute atomic E-state index is 11.4. The molecule has 2 saturated heterocycles. The molecule has 0 aliphatic carbocycles. The summed E-state index contributed by atoms with van der Waals surface area (Å²) in [5.41, 5.74) is 0. The van der Waals surface area contributed by atoms with E-state index in [9.17, 15) is 9.59 Å². The molecule has 2 aliphatic rings. The Morgan fingerprint density at radius 3 is 2.79 bits per heavy atom. The lowest BCUT2D eigenvalue weighted by Gasteiger charge is -2.20. The standard InChI is InChI=1S/C9H13ClN2O2/c10-6-3-9(14)12(4-6)5-7-1-2-8(13)11-7/h6-7H,1-5H2,(H,11,13)/t6?,7-/m1/s1. The molecule has 0 bridgehead atoms. The van der Waals surface area contributed by atoms with Gasteiger partial charge in [-0.2, -0.15) is 0 Å². The number of nitrogens with zero attached hydrogens (tertiary/aromatic N) is 1. The molecule has 14 heavy (non-hydrogen) atoms. The van der Waals surface area contributed by atoms with Gasteiger partial charge in [-0.25, -0.2) is 0 Å². The highest BCUT2D eigenvalue weighted by Gasteiger charge is 2.31. The number of hydrogen-bond acceptors (Lipinski definition) is 2. The quantitative estimate of drug-likeness (QED) is 0.666. The molecule has 1 N–H and O–H groups in total. The number of hydrogen-bond donors (Lipinski definition) is 1. The number of likely N-dealkylation sites (tertiary alicyclic amines) is 1. The Hall–Kier alpha value is -0.770. The van der Waals surface area contributed by atoms with Gasteiger partial charge in [0.25, 0.3) is 0 Å². The van der Waals surface area contributed by atoms with Crippen LogP contribution < -0.4 is 5.32 Å². The minimum absolute atomic E-state index is 0.0559. The third-order valence-electron chi connectivity index (χ3n) is 2.69. The summed E-state index contributed by atoms with van der Waals surface area (Å²) in [6.45, 7) is 1.24. The first-order valence-corrected chi connectivity index (χ1v) is 5.30. The summed E-state index contributed by atoms with van der Waals surface area (Å²) in [5.74, 6) is 0.190. The maximum atomic E-state index is 11.4. The number of carbonyl (C=O) groups is 2. The second kappa shape index (κ2) is 3.77. The van der Waals surface area contributed by atoms with E-state index in [0.717, 1.165) is 6.42 Å². The second-order valence-corrected chi connectivity index (χ2v) is 4.52. The molecule has 2 atom stereocenters. The Morgan fingerprint density at radius 1 is 1.50 bits per heavy atom. The highest BCUT2D eigenvalue weighted by molar-refractivity contribution is 6.22. The highest BCUT2D eigenvalue weighted by atomic mass is 35.5. The van der Waals surface area contributed by atoms with Crippen molar-refractivity contribution in [1.82, 2.24) is 10.2 Å². The largest absolute Gasteiger partial charge is 0.352 e. The van der Waals surface area contributed by atoms with E-state index >= 15 is 0 Å². The lowest BCUT2D eigenvalue weighted by atomic mass is 10.2. The Kier molecular flexibility index (Phi) is 2.63. The Labute approximate surface area is 87.6 Å². The van der Waals surface area contributed by atoms with Crippen molar-refractivity contribution < 1.29 is 9.59 Å². The number of amides is 2. The van der Waals surface area contributed by atoms with Gasteiger partial charge < -0.3 is 10.2 Å². The van der Waals surface area contributed by atoms with Gasteiger partial charge >= 0.3 is 0 Å². The molecular weight excluding hydrogens is 204 g/mol. The van der Waals surface area contributed by atoms with Gasteiger partial charge in [-0.05, 0) is 6.42 Å². The number of nitrogens with one attached hydrogen (secondary N) is 1. The molecule has 2 amide bonds. The van der Waals surface area contributed by atoms with E-state index in [0.29, 0.717) is 25.9 Å². The molecule has 78 valence electrons. The molecule has 5 heteroatoms. The van der Waals surface area contributed by atoms with Crippen LogP contribution in [0.2, 0.25) is 0 Å². The van der Waals surface area contributed by atoms with Crippen LogP contribution in [0.3, 0.4) is 0 Å². The van der Waals surface area contributed by atoms with Crippen molar-refractivity contribution in [1.29, 1.82) is 0 Å². The first-order chi connectivity index (χ1) is 6.65. The monoisotopic (exact) mass is 216 g/mol. The van der Waals surface area contributed by atoms with Gasteiger partial charge in [-0.1, -0.05) is 0 Å². The molecule has 2 fully saturated rings. The zero-order valence-corrected chi connectivity index (χ0v) is 8.59. The third-order valence-corrected chi connectivity index (χ3v) is 2.99. The van der Waals surface area contributed by atoms with Gasteiger partial charge in [0.05, 0.1) is 5.38 Å². The summed E-state index contributed by atoms with van der Waals surface area (Å²) in [7, 11) is 0. The summed E-state index contributed by atoms with van der Waals surface area (Å²) < 4.78 is 0. The first-order valence-electron chi connectivity index (χ1n) is 4.86. The van der Waals surface area contributed by atoms with Crippen molar-refractivity contribution in [3.05, 3.63) is 0 Å². The summed E-state index contributed by atoms with van der Waals surface area (Å²) in [6.07, 6.45) is 1.84. The van der Waals surface area contributed by atoms with Gasteiger partial charge in [0.1, 0.15) is 0 Å². The van der Waals surface area contributed by atoms with Gasteiger partial charge in [-0.15, -0.1) is 11.6 Å². The van der Waals surface area contributed by atoms with Crippen molar-refractivity contribution in [2.45, 2.75) is 30.7 Å². The Bertz CT molecular complexity index is 270. The van der Waals surface area contributed by atoms with Crippen LogP contribution in [0, 0.1) is 0 Å². The predicted molar refractivity (Wildman–Crippen MR) is 52.0 cm³/mol. The first kappa shape index (κ1) is 9.77. The van der Waals surface area contributed by atoms with E-state index in [-0.39, 0.29) is 23.2 Å². The van der Waals surface area contributed by atoms with Gasteiger partial charge in [0, 0.05) is 32.0 Å². The third kappa shape index (κ3) is 2.00. The van der Waals surface area contributed by atoms with Crippen molar-refractivity contribution in [3.63, 3.8) is 0 Å². The van der Waals surface area contributed by atoms with Crippen LogP contribution in [-0.4, -0.2) is 41.2 Å². The van der Waals surface area contributed by atoms with Crippen molar-refractivity contribution in [3.8, 4) is 0 Å². The van der Waals surface area contributed by atoms with Gasteiger partial charge in [0.2, 0.25) is 11.8 Å². The van der Waals surface area contributed by atoms with Crippen LogP contribution in [0.5, 0.6) is 0 Å². The fraction of sp³-hybridized carbons (Fsp3) is 0.778. The van der Waals surface area contributed by atoms with Crippen LogP contribution in [0.4, 0.5) is 0 Å². The normalized spacial score (nSPS) is 32.5. The molecule has 0 spiro atoms. The Balaban J connectivity index is 1.86. The Morgan fingerprint density at radius 2 is 2.29 bits per heavy atom. The van der Waals surface area contributed by atoms with Gasteiger partial charge in [0.15, 0.2) is 0 Å². The SMILES string of the molecule is O=C1CC[C@H](CN2CC(Cl)CC2=O)N1. The zero-order chi connectivity index (χ0) is 10.1. The minimum Gasteiger partial charge on any atom is -0.352 e. The van der Waals surface area contributed by atoms with Crippen molar-refractivity contribution in [2.75, 3.05) is 13.1 Å². The molecule has 0 aromatic heterocycles. The van der Waals surface area contributed by atoms with Gasteiger partial charge in [-0.3, -0.25) is 9.59 Å². The summed E-state index contributed by atoms with van der Waals surface area (Å²) in [6, 6.07) is 0.133. The molecule has 2 heterocycles. The molecule has 2 aliphatic heterocycles. The maximum Gasteiger partial charge on any atom is 0.224 e. The predicted octanol–water partition coefficient (Wildman–Crippen LogP) is 0.105.